The largest absolute Gasteiger partial charge is 0.493 e. The van der Waals surface area contributed by atoms with Gasteiger partial charge >= 0.3 is 0 Å². The summed E-state index contributed by atoms with van der Waals surface area (Å²) in [6, 6.07) is 19.6. The lowest BCUT2D eigenvalue weighted by Gasteiger charge is -2.25. The fourth-order valence-corrected chi connectivity index (χ4v) is 3.60. The highest BCUT2D eigenvalue weighted by Crippen LogP contribution is 2.31. The Kier molecular flexibility index (Phi) is 7.17. The van der Waals surface area contributed by atoms with Gasteiger partial charge < -0.3 is 29.6 Å². The summed E-state index contributed by atoms with van der Waals surface area (Å²) < 4.78 is 22.0. The fourth-order valence-electron chi connectivity index (χ4n) is 3.60. The van der Waals surface area contributed by atoms with Crippen molar-refractivity contribution in [2.45, 2.75) is 12.5 Å². The van der Waals surface area contributed by atoms with Crippen LogP contribution in [0.25, 0.3) is 0 Å². The Morgan fingerprint density at radius 1 is 0.941 bits per heavy atom. The van der Waals surface area contributed by atoms with Crippen LogP contribution in [0.2, 0.25) is 0 Å². The lowest BCUT2D eigenvalue weighted by molar-refractivity contribution is -0.125. The second-order valence-electron chi connectivity index (χ2n) is 7.59. The second kappa shape index (κ2) is 10.6. The minimum absolute atomic E-state index is 0.0858. The van der Waals surface area contributed by atoms with Crippen LogP contribution in [0.3, 0.4) is 0 Å². The zero-order chi connectivity index (χ0) is 23.9. The van der Waals surface area contributed by atoms with Gasteiger partial charge in [0.05, 0.1) is 25.5 Å². The number of anilines is 1. The van der Waals surface area contributed by atoms with Crippen molar-refractivity contribution >= 4 is 17.5 Å². The van der Waals surface area contributed by atoms with Crippen LogP contribution in [-0.2, 0) is 11.2 Å². The number of carbonyl (C=O) groups excluding carboxylic acids is 2. The fraction of sp³-hybridized carbons (Fsp3) is 0.231. The van der Waals surface area contributed by atoms with Gasteiger partial charge in [0.1, 0.15) is 6.61 Å². The monoisotopic (exact) mass is 462 g/mol. The number of hydrogen-bond donors (Lipinski definition) is 2. The molecular formula is C26H26N2O6. The molecule has 34 heavy (non-hydrogen) atoms. The summed E-state index contributed by atoms with van der Waals surface area (Å²) in [7, 11) is 3.16. The molecule has 0 fully saturated rings. The molecule has 3 aromatic rings. The Labute approximate surface area is 197 Å². The summed E-state index contributed by atoms with van der Waals surface area (Å²) in [5.74, 6) is 1.71. The zero-order valence-corrected chi connectivity index (χ0v) is 19.0. The first kappa shape index (κ1) is 23.0. The summed E-state index contributed by atoms with van der Waals surface area (Å²) in [4.78, 5) is 25.6. The second-order valence-corrected chi connectivity index (χ2v) is 7.59. The number of fused-ring (bicyclic) bond motifs is 1. The standard InChI is InChI=1S/C26H26N2O6/c1-31-20-12-11-17(15-23(20)32-2)13-14-27-25(29)18-7-3-4-8-19(18)28-26(30)24-16-33-21-9-5-6-10-22(21)34-24/h3-12,15,24H,13-14,16H2,1-2H3,(H,27,29)(H,28,30)/t24-/m1/s1. The van der Waals surface area contributed by atoms with Crippen LogP contribution < -0.4 is 29.6 Å². The molecule has 1 heterocycles. The van der Waals surface area contributed by atoms with Crippen molar-refractivity contribution < 1.29 is 28.5 Å². The number of hydrogen-bond acceptors (Lipinski definition) is 6. The van der Waals surface area contributed by atoms with Crippen LogP contribution in [0.5, 0.6) is 23.0 Å². The predicted octanol–water partition coefficient (Wildman–Crippen LogP) is 3.45. The maximum absolute atomic E-state index is 12.8. The number of ether oxygens (including phenoxy) is 4. The number of nitrogens with one attached hydrogen (secondary N) is 2. The van der Waals surface area contributed by atoms with E-state index < -0.39 is 6.10 Å². The predicted molar refractivity (Wildman–Crippen MR) is 127 cm³/mol. The van der Waals surface area contributed by atoms with E-state index in [0.717, 1.165) is 5.56 Å². The van der Waals surface area contributed by atoms with Gasteiger partial charge in [0, 0.05) is 6.54 Å². The molecule has 2 amide bonds. The minimum Gasteiger partial charge on any atom is -0.493 e. The third kappa shape index (κ3) is 5.23. The van der Waals surface area contributed by atoms with Crippen molar-refractivity contribution in [3.8, 4) is 23.0 Å². The van der Waals surface area contributed by atoms with E-state index in [9.17, 15) is 9.59 Å². The zero-order valence-electron chi connectivity index (χ0n) is 19.0. The summed E-state index contributed by atoms with van der Waals surface area (Å²) >= 11 is 0. The van der Waals surface area contributed by atoms with Crippen molar-refractivity contribution in [3.63, 3.8) is 0 Å². The molecule has 0 aliphatic carbocycles. The first-order chi connectivity index (χ1) is 16.6. The summed E-state index contributed by atoms with van der Waals surface area (Å²) in [6.07, 6.45) is -0.219. The van der Waals surface area contributed by atoms with Gasteiger partial charge in [0.15, 0.2) is 23.0 Å². The molecule has 0 saturated heterocycles. The molecule has 0 aromatic heterocycles. The number of methoxy groups -OCH3 is 2. The van der Waals surface area contributed by atoms with E-state index >= 15 is 0 Å². The van der Waals surface area contributed by atoms with E-state index in [0.29, 0.717) is 47.2 Å². The Bertz CT molecular complexity index is 1180. The SMILES string of the molecule is COc1ccc(CCNC(=O)c2ccccc2NC(=O)[C@H]2COc3ccccc3O2)cc1OC. The molecule has 0 unspecified atom stereocenters. The molecule has 0 radical (unpaired) electrons. The molecule has 3 aromatic carbocycles. The van der Waals surface area contributed by atoms with E-state index in [4.69, 9.17) is 18.9 Å². The summed E-state index contributed by atoms with van der Waals surface area (Å²) in [6.45, 7) is 0.496. The summed E-state index contributed by atoms with van der Waals surface area (Å²) in [5.41, 5.74) is 1.76. The van der Waals surface area contributed by atoms with E-state index in [2.05, 4.69) is 10.6 Å². The van der Waals surface area contributed by atoms with Crippen LogP contribution in [0, 0.1) is 0 Å². The van der Waals surface area contributed by atoms with Gasteiger partial charge in [0.2, 0.25) is 6.10 Å². The Morgan fingerprint density at radius 2 is 1.68 bits per heavy atom. The lowest BCUT2D eigenvalue weighted by atomic mass is 10.1. The number of para-hydroxylation sites is 3. The third-order valence-corrected chi connectivity index (χ3v) is 5.38. The molecule has 0 saturated carbocycles. The molecule has 2 N–H and O–H groups in total. The van der Waals surface area contributed by atoms with Crippen molar-refractivity contribution in [3.05, 3.63) is 77.9 Å². The molecule has 1 aliphatic rings. The number of amides is 2. The van der Waals surface area contributed by atoms with Gasteiger partial charge in [-0.25, -0.2) is 0 Å². The molecule has 4 rings (SSSR count). The molecular weight excluding hydrogens is 436 g/mol. The van der Waals surface area contributed by atoms with Crippen molar-refractivity contribution in [1.29, 1.82) is 0 Å². The van der Waals surface area contributed by atoms with Crippen molar-refractivity contribution in [2.75, 3.05) is 32.7 Å². The van der Waals surface area contributed by atoms with E-state index in [1.165, 1.54) is 0 Å². The quantitative estimate of drug-likeness (QED) is 0.533. The van der Waals surface area contributed by atoms with Gasteiger partial charge in [0.25, 0.3) is 11.8 Å². The van der Waals surface area contributed by atoms with Gasteiger partial charge in [-0.05, 0) is 48.4 Å². The molecule has 8 heteroatoms. The number of rotatable bonds is 8. The number of carbonyl (C=O) groups is 2. The molecule has 8 nitrogen and oxygen atoms in total. The molecule has 0 spiro atoms. The van der Waals surface area contributed by atoms with Gasteiger partial charge in [-0.15, -0.1) is 0 Å². The Hall–Kier alpha value is -4.20. The highest BCUT2D eigenvalue weighted by Gasteiger charge is 2.28. The maximum Gasteiger partial charge on any atom is 0.269 e. The highest BCUT2D eigenvalue weighted by atomic mass is 16.6. The van der Waals surface area contributed by atoms with Crippen LogP contribution >= 0.6 is 0 Å². The lowest BCUT2D eigenvalue weighted by Crippen LogP contribution is -2.40. The minimum atomic E-state index is -0.823. The van der Waals surface area contributed by atoms with E-state index in [1.54, 1.807) is 50.6 Å². The molecule has 0 bridgehead atoms. The number of benzene rings is 3. The van der Waals surface area contributed by atoms with Crippen LogP contribution in [-0.4, -0.2) is 45.3 Å². The smallest absolute Gasteiger partial charge is 0.269 e. The topological polar surface area (TPSA) is 95.1 Å². The normalized spacial score (nSPS) is 14.1. The molecule has 1 atom stereocenters. The van der Waals surface area contributed by atoms with Crippen LogP contribution in [0.1, 0.15) is 15.9 Å². The Morgan fingerprint density at radius 3 is 2.47 bits per heavy atom. The average Bonchev–Trinajstić information content (AvgIpc) is 2.88. The van der Waals surface area contributed by atoms with Crippen LogP contribution in [0.15, 0.2) is 66.7 Å². The summed E-state index contributed by atoms with van der Waals surface area (Å²) in [5, 5.41) is 5.69. The first-order valence-electron chi connectivity index (χ1n) is 10.9. The third-order valence-electron chi connectivity index (χ3n) is 5.38. The Balaban J connectivity index is 1.36. The van der Waals surface area contributed by atoms with Crippen molar-refractivity contribution in [2.24, 2.45) is 0 Å². The van der Waals surface area contributed by atoms with E-state index in [-0.39, 0.29) is 18.4 Å². The van der Waals surface area contributed by atoms with Gasteiger partial charge in [-0.1, -0.05) is 30.3 Å². The molecule has 1 aliphatic heterocycles. The maximum atomic E-state index is 12.8. The van der Waals surface area contributed by atoms with Crippen LogP contribution in [0.4, 0.5) is 5.69 Å². The average molecular weight is 463 g/mol. The first-order valence-corrected chi connectivity index (χ1v) is 10.9. The van der Waals surface area contributed by atoms with Crippen molar-refractivity contribution in [1.82, 2.24) is 5.32 Å². The van der Waals surface area contributed by atoms with Gasteiger partial charge in [-0.2, -0.15) is 0 Å². The van der Waals surface area contributed by atoms with Gasteiger partial charge in [-0.3, -0.25) is 9.59 Å². The highest BCUT2D eigenvalue weighted by molar-refractivity contribution is 6.04. The molecule has 176 valence electrons. The van der Waals surface area contributed by atoms with E-state index in [1.807, 2.05) is 30.3 Å².